The Hall–Kier alpha value is -3.49. The van der Waals surface area contributed by atoms with Gasteiger partial charge in [0.1, 0.15) is 11.6 Å². The fourth-order valence-electron chi connectivity index (χ4n) is 3.40. The summed E-state index contributed by atoms with van der Waals surface area (Å²) in [6.07, 6.45) is -4.36. The average Bonchev–Trinajstić information content (AvgIpc) is 3.08. The molecule has 0 saturated carbocycles. The lowest BCUT2D eigenvalue weighted by atomic mass is 10.0. The van der Waals surface area contributed by atoms with Crippen molar-refractivity contribution in [2.24, 2.45) is 0 Å². The molecular formula is C22H16F5N3O. The Labute approximate surface area is 174 Å². The van der Waals surface area contributed by atoms with Crippen molar-refractivity contribution in [2.45, 2.75) is 25.6 Å². The van der Waals surface area contributed by atoms with Gasteiger partial charge in [-0.25, -0.2) is 13.8 Å². The number of carbonyl (C=O) groups excluding carboxylic acids is 1. The zero-order valence-corrected chi connectivity index (χ0v) is 16.1. The molecule has 1 unspecified atom stereocenters. The van der Waals surface area contributed by atoms with E-state index in [0.29, 0.717) is 11.4 Å². The Bertz CT molecular complexity index is 1140. The van der Waals surface area contributed by atoms with E-state index in [1.807, 2.05) is 0 Å². The summed E-state index contributed by atoms with van der Waals surface area (Å²) in [5.41, 5.74) is 0.936. The van der Waals surface area contributed by atoms with Crippen LogP contribution >= 0.6 is 0 Å². The van der Waals surface area contributed by atoms with E-state index in [0.717, 1.165) is 19.1 Å². The number of carbonyl (C=O) groups is 1. The van der Waals surface area contributed by atoms with Crippen LogP contribution in [0.4, 0.5) is 33.3 Å². The number of halogens is 5. The summed E-state index contributed by atoms with van der Waals surface area (Å²) in [5.74, 6) is -3.65. The number of hydrogen-bond acceptors (Lipinski definition) is 3. The molecule has 160 valence electrons. The van der Waals surface area contributed by atoms with Crippen molar-refractivity contribution >= 4 is 17.3 Å². The van der Waals surface area contributed by atoms with Gasteiger partial charge in [0.15, 0.2) is 0 Å². The van der Waals surface area contributed by atoms with Gasteiger partial charge in [0.05, 0.1) is 40.7 Å². The summed E-state index contributed by atoms with van der Waals surface area (Å²) in [7, 11) is 0. The summed E-state index contributed by atoms with van der Waals surface area (Å²) < 4.78 is 67.3. The first-order chi connectivity index (χ1) is 14.6. The van der Waals surface area contributed by atoms with E-state index in [-0.39, 0.29) is 34.6 Å². The van der Waals surface area contributed by atoms with Crippen molar-refractivity contribution < 1.29 is 26.7 Å². The van der Waals surface area contributed by atoms with Crippen molar-refractivity contribution in [1.29, 1.82) is 0 Å². The van der Waals surface area contributed by atoms with E-state index in [1.54, 1.807) is 0 Å². The van der Waals surface area contributed by atoms with E-state index in [1.165, 1.54) is 36.4 Å². The Morgan fingerprint density at radius 3 is 2.29 bits per heavy atom. The van der Waals surface area contributed by atoms with Crippen molar-refractivity contribution in [3.63, 3.8) is 0 Å². The van der Waals surface area contributed by atoms with Gasteiger partial charge in [0, 0.05) is 5.69 Å². The molecule has 2 aromatic carbocycles. The summed E-state index contributed by atoms with van der Waals surface area (Å²) in [5, 5.41) is 5.57. The lowest BCUT2D eigenvalue weighted by Gasteiger charge is -2.17. The van der Waals surface area contributed by atoms with Crippen LogP contribution < -0.4 is 10.6 Å². The predicted octanol–water partition coefficient (Wildman–Crippen LogP) is 5.68. The molecule has 2 N–H and O–H groups in total. The zero-order chi connectivity index (χ0) is 22.3. The Balaban J connectivity index is 1.73. The fourth-order valence-corrected chi connectivity index (χ4v) is 3.40. The van der Waals surface area contributed by atoms with Crippen LogP contribution in [0.5, 0.6) is 0 Å². The smallest absolute Gasteiger partial charge is 0.355 e. The maximum absolute atomic E-state index is 14.3. The number of hydrogen-bond donors (Lipinski definition) is 2. The van der Waals surface area contributed by atoms with Crippen LogP contribution in [0.3, 0.4) is 0 Å². The molecule has 2 heterocycles. The highest BCUT2D eigenvalue weighted by Gasteiger charge is 2.36. The Morgan fingerprint density at radius 1 is 1.03 bits per heavy atom. The molecule has 31 heavy (non-hydrogen) atoms. The highest BCUT2D eigenvalue weighted by Crippen LogP contribution is 2.36. The van der Waals surface area contributed by atoms with Crippen molar-refractivity contribution in [3.8, 4) is 11.3 Å². The average molecular weight is 433 g/mol. The molecule has 0 aliphatic carbocycles. The third-order valence-corrected chi connectivity index (χ3v) is 5.14. The summed E-state index contributed by atoms with van der Waals surface area (Å²) in [4.78, 5) is 16.5. The molecule has 1 aliphatic heterocycles. The van der Waals surface area contributed by atoms with E-state index >= 15 is 0 Å². The molecule has 9 heteroatoms. The van der Waals surface area contributed by atoms with E-state index in [4.69, 9.17) is 0 Å². The number of pyridine rings is 1. The number of aromatic nitrogens is 1. The quantitative estimate of drug-likeness (QED) is 0.521. The Kier molecular flexibility index (Phi) is 5.12. The summed E-state index contributed by atoms with van der Waals surface area (Å²) in [6, 6.07) is 10.3. The summed E-state index contributed by atoms with van der Waals surface area (Å²) >= 11 is 0. The number of nitrogens with one attached hydrogen (secondary N) is 2. The van der Waals surface area contributed by atoms with Crippen molar-refractivity contribution in [1.82, 2.24) is 10.3 Å². The molecule has 0 fully saturated rings. The minimum atomic E-state index is -4.36. The second-order valence-corrected chi connectivity index (χ2v) is 7.17. The molecule has 1 aromatic heterocycles. The highest BCUT2D eigenvalue weighted by molar-refractivity contribution is 6.04. The fraction of sp³-hybridized carbons (Fsp3) is 0.182. The molecule has 1 aliphatic rings. The van der Waals surface area contributed by atoms with Gasteiger partial charge in [-0.1, -0.05) is 18.2 Å². The lowest BCUT2D eigenvalue weighted by Crippen LogP contribution is -2.17. The number of benzene rings is 2. The van der Waals surface area contributed by atoms with Gasteiger partial charge < -0.3 is 10.6 Å². The van der Waals surface area contributed by atoms with Gasteiger partial charge in [0.2, 0.25) is 0 Å². The first-order valence-electron chi connectivity index (χ1n) is 9.35. The largest absolute Gasteiger partial charge is 0.395 e. The molecule has 0 saturated heterocycles. The van der Waals surface area contributed by atoms with E-state index in [2.05, 4.69) is 15.6 Å². The van der Waals surface area contributed by atoms with E-state index in [9.17, 15) is 26.7 Å². The third-order valence-electron chi connectivity index (χ3n) is 5.14. The molecule has 0 radical (unpaired) electrons. The van der Waals surface area contributed by atoms with Crippen LogP contribution in [-0.4, -0.2) is 17.1 Å². The van der Waals surface area contributed by atoms with Gasteiger partial charge >= 0.3 is 6.18 Å². The SMILES string of the molecule is CC(c1ccc(Nc2cc(-c3c(F)cccc3F)nc3c2C(=O)NC3)cc1)C(F)(F)F. The minimum Gasteiger partial charge on any atom is -0.355 e. The van der Waals surface area contributed by atoms with Gasteiger partial charge in [-0.15, -0.1) is 0 Å². The number of alkyl halides is 3. The minimum absolute atomic E-state index is 0.00402. The van der Waals surface area contributed by atoms with E-state index < -0.39 is 29.6 Å². The van der Waals surface area contributed by atoms with Crippen LogP contribution in [-0.2, 0) is 6.54 Å². The molecule has 0 spiro atoms. The molecule has 0 bridgehead atoms. The number of fused-ring (bicyclic) bond motifs is 1. The molecule has 3 aromatic rings. The number of rotatable bonds is 4. The normalized spacial score (nSPS) is 14.2. The van der Waals surface area contributed by atoms with Crippen LogP contribution in [0.25, 0.3) is 11.3 Å². The van der Waals surface area contributed by atoms with Crippen molar-refractivity contribution in [2.75, 3.05) is 5.32 Å². The van der Waals surface area contributed by atoms with Gasteiger partial charge in [-0.3, -0.25) is 4.79 Å². The lowest BCUT2D eigenvalue weighted by molar-refractivity contribution is -0.146. The Morgan fingerprint density at radius 2 is 1.68 bits per heavy atom. The predicted molar refractivity (Wildman–Crippen MR) is 105 cm³/mol. The molecule has 4 nitrogen and oxygen atoms in total. The molecule has 1 amide bonds. The first-order valence-corrected chi connectivity index (χ1v) is 9.35. The second-order valence-electron chi connectivity index (χ2n) is 7.17. The van der Waals surface area contributed by atoms with Crippen LogP contribution in [0, 0.1) is 11.6 Å². The maximum atomic E-state index is 14.3. The van der Waals surface area contributed by atoms with Crippen LogP contribution in [0.1, 0.15) is 34.5 Å². The highest BCUT2D eigenvalue weighted by atomic mass is 19.4. The number of anilines is 2. The standard InChI is InChI=1S/C22H16F5N3O/c1-11(22(25,26)27)12-5-7-13(8-6-12)29-17-9-16(19-14(23)3-2-4-15(19)24)30-18-10-28-21(31)20(17)18/h2-9,11H,10H2,1H3,(H,28,31)(H,29,30). The third kappa shape index (κ3) is 3.95. The summed E-state index contributed by atoms with van der Waals surface area (Å²) in [6.45, 7) is 1.16. The number of nitrogens with zero attached hydrogens (tertiary/aromatic N) is 1. The molecule has 1 atom stereocenters. The zero-order valence-electron chi connectivity index (χ0n) is 16.1. The van der Waals surface area contributed by atoms with Gasteiger partial charge in [-0.2, -0.15) is 13.2 Å². The molecule has 4 rings (SSSR count). The van der Waals surface area contributed by atoms with Crippen LogP contribution in [0.15, 0.2) is 48.5 Å². The topological polar surface area (TPSA) is 54.0 Å². The molecular weight excluding hydrogens is 417 g/mol. The second kappa shape index (κ2) is 7.64. The van der Waals surface area contributed by atoms with Gasteiger partial charge in [-0.05, 0) is 42.8 Å². The van der Waals surface area contributed by atoms with Crippen LogP contribution in [0.2, 0.25) is 0 Å². The van der Waals surface area contributed by atoms with Gasteiger partial charge in [0.25, 0.3) is 5.91 Å². The monoisotopic (exact) mass is 433 g/mol. The first kappa shape index (κ1) is 20.8. The van der Waals surface area contributed by atoms with Crippen molar-refractivity contribution in [3.05, 3.63) is 77.0 Å². The maximum Gasteiger partial charge on any atom is 0.395 e. The number of amides is 1.